The van der Waals surface area contributed by atoms with Gasteiger partial charge in [0, 0.05) is 12.8 Å². The maximum Gasteiger partial charge on any atom is 0.231 e. The normalized spacial score (nSPS) is 21.1. The molecular formula is C21H24NO5+. The van der Waals surface area contributed by atoms with E-state index in [4.69, 9.17) is 23.7 Å². The molecule has 0 amide bonds. The van der Waals surface area contributed by atoms with Crippen molar-refractivity contribution in [1.29, 1.82) is 0 Å². The molecule has 1 atom stereocenters. The van der Waals surface area contributed by atoms with E-state index in [-0.39, 0.29) is 12.8 Å². The number of likely N-dealkylation sites (N-methyl/N-ethyl adjacent to an activating group) is 1. The summed E-state index contributed by atoms with van der Waals surface area (Å²) < 4.78 is 29.1. The van der Waals surface area contributed by atoms with Gasteiger partial charge in [-0.3, -0.25) is 0 Å². The zero-order valence-electron chi connectivity index (χ0n) is 15.9. The van der Waals surface area contributed by atoms with Crippen LogP contribution in [0.2, 0.25) is 0 Å². The maximum atomic E-state index is 5.83. The minimum absolute atomic E-state index is 0.249. The van der Waals surface area contributed by atoms with Crippen LogP contribution in [0.1, 0.15) is 22.7 Å². The Kier molecular flexibility index (Phi) is 3.65. The quantitative estimate of drug-likeness (QED) is 0.777. The van der Waals surface area contributed by atoms with Crippen molar-refractivity contribution in [3.05, 3.63) is 41.0 Å². The average Bonchev–Trinajstić information content (AvgIpc) is 3.30. The van der Waals surface area contributed by atoms with Gasteiger partial charge in [-0.1, -0.05) is 6.07 Å². The Morgan fingerprint density at radius 2 is 1.78 bits per heavy atom. The third-order valence-electron chi connectivity index (χ3n) is 5.95. The van der Waals surface area contributed by atoms with Gasteiger partial charge < -0.3 is 28.2 Å². The number of hydrogen-bond donors (Lipinski definition) is 0. The van der Waals surface area contributed by atoms with Gasteiger partial charge in [0.05, 0.1) is 33.3 Å². The highest BCUT2D eigenvalue weighted by molar-refractivity contribution is 5.61. The number of benzene rings is 2. The Hall–Kier alpha value is -2.60. The van der Waals surface area contributed by atoms with Gasteiger partial charge in [-0.25, -0.2) is 0 Å². The molecule has 0 fully saturated rings. The SMILES string of the molecule is COc1c2c(cc3c1[C@H](Cc1ccc4c(c1)OCO4)[N+](C)(C)CC3)OCO2. The molecule has 27 heavy (non-hydrogen) atoms. The highest BCUT2D eigenvalue weighted by Crippen LogP contribution is 2.51. The smallest absolute Gasteiger partial charge is 0.231 e. The molecule has 6 heteroatoms. The standard InChI is InChI=1S/C21H24NO5/c1-22(2)7-6-14-10-18-20(27-12-26-18)21(23-3)19(14)15(22)8-13-4-5-16-17(9-13)25-11-24-16/h4-5,9-10,15H,6-8,11-12H2,1-3H3/q+1/t15-/m0/s1. The third-order valence-corrected chi connectivity index (χ3v) is 5.95. The molecule has 0 bridgehead atoms. The monoisotopic (exact) mass is 370 g/mol. The molecule has 5 rings (SSSR count). The molecule has 2 aromatic carbocycles. The predicted octanol–water partition coefficient (Wildman–Crippen LogP) is 3.07. The second-order valence-corrected chi connectivity index (χ2v) is 7.88. The van der Waals surface area contributed by atoms with Gasteiger partial charge in [0.25, 0.3) is 0 Å². The van der Waals surface area contributed by atoms with Crippen LogP contribution in [0.15, 0.2) is 24.3 Å². The maximum absolute atomic E-state index is 5.83. The first-order valence-corrected chi connectivity index (χ1v) is 9.27. The largest absolute Gasteiger partial charge is 0.492 e. The lowest BCUT2D eigenvalue weighted by Gasteiger charge is -2.43. The van der Waals surface area contributed by atoms with E-state index in [1.54, 1.807) is 7.11 Å². The number of ether oxygens (including phenoxy) is 5. The van der Waals surface area contributed by atoms with Gasteiger partial charge in [-0.2, -0.15) is 0 Å². The van der Waals surface area contributed by atoms with Crippen molar-refractivity contribution in [2.45, 2.75) is 18.9 Å². The molecule has 0 saturated carbocycles. The topological polar surface area (TPSA) is 46.2 Å². The molecule has 0 aromatic heterocycles. The van der Waals surface area contributed by atoms with Crippen molar-refractivity contribution in [2.75, 3.05) is 41.3 Å². The molecule has 0 radical (unpaired) electrons. The lowest BCUT2D eigenvalue weighted by Crippen LogP contribution is -2.48. The lowest BCUT2D eigenvalue weighted by molar-refractivity contribution is -0.923. The van der Waals surface area contributed by atoms with E-state index in [0.29, 0.717) is 6.79 Å². The summed E-state index contributed by atoms with van der Waals surface area (Å²) in [5, 5.41) is 0. The van der Waals surface area contributed by atoms with Crippen molar-refractivity contribution in [2.24, 2.45) is 0 Å². The zero-order valence-corrected chi connectivity index (χ0v) is 15.9. The first-order valence-electron chi connectivity index (χ1n) is 9.27. The van der Waals surface area contributed by atoms with Crippen molar-refractivity contribution >= 4 is 0 Å². The van der Waals surface area contributed by atoms with Crippen LogP contribution in [0.5, 0.6) is 28.7 Å². The van der Waals surface area contributed by atoms with Gasteiger partial charge in [0.1, 0.15) is 6.04 Å². The fourth-order valence-electron chi connectivity index (χ4n) is 4.41. The Morgan fingerprint density at radius 3 is 2.63 bits per heavy atom. The van der Waals surface area contributed by atoms with E-state index >= 15 is 0 Å². The van der Waals surface area contributed by atoms with E-state index in [9.17, 15) is 0 Å². The van der Waals surface area contributed by atoms with Crippen molar-refractivity contribution in [3.8, 4) is 28.7 Å². The van der Waals surface area contributed by atoms with Crippen molar-refractivity contribution < 1.29 is 28.2 Å². The summed E-state index contributed by atoms with van der Waals surface area (Å²) in [4.78, 5) is 0. The van der Waals surface area contributed by atoms with Crippen LogP contribution in [-0.2, 0) is 12.8 Å². The van der Waals surface area contributed by atoms with Gasteiger partial charge in [0.2, 0.25) is 19.3 Å². The van der Waals surface area contributed by atoms with Gasteiger partial charge >= 0.3 is 0 Å². The minimum atomic E-state index is 0.249. The number of hydrogen-bond acceptors (Lipinski definition) is 5. The minimum Gasteiger partial charge on any atom is -0.492 e. The molecule has 2 aromatic rings. The fraction of sp³-hybridized carbons (Fsp3) is 0.429. The molecule has 0 aliphatic carbocycles. The van der Waals surface area contributed by atoms with Crippen molar-refractivity contribution in [1.82, 2.24) is 0 Å². The summed E-state index contributed by atoms with van der Waals surface area (Å²) in [6.07, 6.45) is 1.87. The molecule has 0 N–H and O–H groups in total. The Bertz CT molecular complexity index is 908. The van der Waals surface area contributed by atoms with Crippen LogP contribution in [0, 0.1) is 0 Å². The van der Waals surface area contributed by atoms with E-state index in [2.05, 4.69) is 32.3 Å². The van der Waals surface area contributed by atoms with Crippen LogP contribution >= 0.6 is 0 Å². The number of rotatable bonds is 3. The summed E-state index contributed by atoms with van der Waals surface area (Å²) in [6.45, 7) is 1.61. The van der Waals surface area contributed by atoms with Crippen molar-refractivity contribution in [3.63, 3.8) is 0 Å². The highest BCUT2D eigenvalue weighted by atomic mass is 16.7. The molecular weight excluding hydrogens is 346 g/mol. The Balaban J connectivity index is 1.59. The van der Waals surface area contributed by atoms with Crippen LogP contribution in [0.25, 0.3) is 0 Å². The molecule has 142 valence electrons. The summed E-state index contributed by atoms with van der Waals surface area (Å²) in [6, 6.07) is 8.60. The molecule has 3 aliphatic heterocycles. The third kappa shape index (κ3) is 2.58. The summed E-state index contributed by atoms with van der Waals surface area (Å²) >= 11 is 0. The number of methoxy groups -OCH3 is 1. The van der Waals surface area contributed by atoms with Gasteiger partial charge in [-0.15, -0.1) is 0 Å². The molecule has 0 saturated heterocycles. The fourth-order valence-corrected chi connectivity index (χ4v) is 4.41. The average molecular weight is 370 g/mol. The van der Waals surface area contributed by atoms with E-state index < -0.39 is 0 Å². The first-order chi connectivity index (χ1) is 13.1. The Morgan fingerprint density at radius 1 is 1.00 bits per heavy atom. The second-order valence-electron chi connectivity index (χ2n) is 7.88. The number of nitrogens with zero attached hydrogens (tertiary/aromatic N) is 1. The van der Waals surface area contributed by atoms with E-state index in [1.165, 1.54) is 16.7 Å². The molecule has 3 aliphatic rings. The van der Waals surface area contributed by atoms with Crippen LogP contribution in [-0.4, -0.2) is 45.8 Å². The van der Waals surface area contributed by atoms with E-state index in [1.807, 2.05) is 6.07 Å². The molecule has 0 spiro atoms. The molecule has 0 unspecified atom stereocenters. The molecule has 6 nitrogen and oxygen atoms in total. The highest BCUT2D eigenvalue weighted by Gasteiger charge is 2.41. The number of quaternary nitrogens is 1. The Labute approximate surface area is 158 Å². The van der Waals surface area contributed by atoms with E-state index in [0.717, 1.165) is 52.6 Å². The summed E-state index contributed by atoms with van der Waals surface area (Å²) in [7, 11) is 6.28. The summed E-state index contributed by atoms with van der Waals surface area (Å²) in [5.74, 6) is 3.98. The lowest BCUT2D eigenvalue weighted by atomic mass is 9.86. The van der Waals surface area contributed by atoms with Gasteiger partial charge in [0.15, 0.2) is 23.0 Å². The van der Waals surface area contributed by atoms with Crippen LogP contribution in [0.3, 0.4) is 0 Å². The van der Waals surface area contributed by atoms with Gasteiger partial charge in [-0.05, 0) is 29.3 Å². The second kappa shape index (κ2) is 5.96. The summed E-state index contributed by atoms with van der Waals surface area (Å²) in [5.41, 5.74) is 3.75. The van der Waals surface area contributed by atoms with Crippen LogP contribution < -0.4 is 23.7 Å². The van der Waals surface area contributed by atoms with Crippen LogP contribution in [0.4, 0.5) is 0 Å². The predicted molar refractivity (Wildman–Crippen MR) is 98.8 cm³/mol. The first kappa shape index (κ1) is 16.6. The number of fused-ring (bicyclic) bond motifs is 3. The zero-order chi connectivity index (χ0) is 18.6. The molecule has 3 heterocycles.